The van der Waals surface area contributed by atoms with E-state index in [0.717, 1.165) is 25.7 Å². The summed E-state index contributed by atoms with van der Waals surface area (Å²) in [4.78, 5) is 22.8. The van der Waals surface area contributed by atoms with E-state index in [1.165, 1.54) is 0 Å². The molecule has 0 bridgehead atoms. The zero-order chi connectivity index (χ0) is 13.6. The first kappa shape index (κ1) is 15.0. The van der Waals surface area contributed by atoms with Crippen molar-refractivity contribution in [2.24, 2.45) is 5.41 Å². The smallest absolute Gasteiger partial charge is 0.303 e. The van der Waals surface area contributed by atoms with Crippen molar-refractivity contribution in [2.45, 2.75) is 57.9 Å². The SMILES string of the molecule is CC[C@@H](CO)NC(=O)CC1(CC(=O)O)CCCC1. The number of aliphatic hydroxyl groups is 1. The van der Waals surface area contributed by atoms with Crippen LogP contribution in [-0.4, -0.2) is 34.7 Å². The maximum Gasteiger partial charge on any atom is 0.303 e. The molecule has 1 atom stereocenters. The lowest BCUT2D eigenvalue weighted by Crippen LogP contribution is -2.40. The monoisotopic (exact) mass is 257 g/mol. The molecule has 0 aromatic rings. The van der Waals surface area contributed by atoms with Crippen molar-refractivity contribution in [3.8, 4) is 0 Å². The molecular weight excluding hydrogens is 234 g/mol. The fraction of sp³-hybridized carbons (Fsp3) is 0.846. The highest BCUT2D eigenvalue weighted by Gasteiger charge is 2.38. The Morgan fingerprint density at radius 1 is 1.28 bits per heavy atom. The van der Waals surface area contributed by atoms with Crippen molar-refractivity contribution >= 4 is 11.9 Å². The van der Waals surface area contributed by atoms with Crippen LogP contribution in [0.4, 0.5) is 0 Å². The van der Waals surface area contributed by atoms with E-state index >= 15 is 0 Å². The van der Waals surface area contributed by atoms with E-state index in [0.29, 0.717) is 6.42 Å². The number of hydrogen-bond donors (Lipinski definition) is 3. The standard InChI is InChI=1S/C13H23NO4/c1-2-10(9-15)14-11(16)7-13(8-12(17)18)5-3-4-6-13/h10,15H,2-9H2,1H3,(H,14,16)(H,17,18)/t10-/m0/s1. The fourth-order valence-corrected chi connectivity index (χ4v) is 2.76. The van der Waals surface area contributed by atoms with Crippen LogP contribution in [0.3, 0.4) is 0 Å². The van der Waals surface area contributed by atoms with Crippen molar-refractivity contribution in [1.82, 2.24) is 5.32 Å². The number of aliphatic carboxylic acids is 1. The molecule has 0 aromatic carbocycles. The van der Waals surface area contributed by atoms with E-state index in [-0.39, 0.29) is 36.8 Å². The van der Waals surface area contributed by atoms with Crippen LogP contribution in [0.5, 0.6) is 0 Å². The predicted octanol–water partition coefficient (Wildman–Crippen LogP) is 1.30. The zero-order valence-corrected chi connectivity index (χ0v) is 10.9. The molecule has 5 nitrogen and oxygen atoms in total. The van der Waals surface area contributed by atoms with Crippen LogP contribution in [-0.2, 0) is 9.59 Å². The number of aliphatic hydroxyl groups excluding tert-OH is 1. The van der Waals surface area contributed by atoms with Gasteiger partial charge in [0, 0.05) is 6.42 Å². The van der Waals surface area contributed by atoms with Crippen molar-refractivity contribution < 1.29 is 19.8 Å². The first-order valence-corrected chi connectivity index (χ1v) is 6.63. The van der Waals surface area contributed by atoms with Gasteiger partial charge in [0.1, 0.15) is 0 Å². The Morgan fingerprint density at radius 2 is 1.89 bits per heavy atom. The Bertz CT molecular complexity index is 293. The topological polar surface area (TPSA) is 86.6 Å². The highest BCUT2D eigenvalue weighted by Crippen LogP contribution is 2.44. The third kappa shape index (κ3) is 4.29. The van der Waals surface area contributed by atoms with Crippen LogP contribution < -0.4 is 5.32 Å². The minimum absolute atomic E-state index is 0.0658. The van der Waals surface area contributed by atoms with E-state index in [4.69, 9.17) is 10.2 Å². The summed E-state index contributed by atoms with van der Waals surface area (Å²) in [6.45, 7) is 1.82. The highest BCUT2D eigenvalue weighted by molar-refractivity contribution is 5.78. The summed E-state index contributed by atoms with van der Waals surface area (Å²) in [7, 11) is 0. The summed E-state index contributed by atoms with van der Waals surface area (Å²) in [6, 6.07) is -0.221. The minimum Gasteiger partial charge on any atom is -0.481 e. The molecule has 0 radical (unpaired) electrons. The van der Waals surface area contributed by atoms with Crippen LogP contribution in [0.1, 0.15) is 51.9 Å². The Kier molecular flexibility index (Phi) is 5.59. The number of carboxylic acids is 1. The van der Waals surface area contributed by atoms with Gasteiger partial charge >= 0.3 is 5.97 Å². The van der Waals surface area contributed by atoms with Crippen LogP contribution >= 0.6 is 0 Å². The van der Waals surface area contributed by atoms with Crippen molar-refractivity contribution in [1.29, 1.82) is 0 Å². The number of carbonyl (C=O) groups excluding carboxylic acids is 1. The summed E-state index contributed by atoms with van der Waals surface area (Å²) in [5, 5.41) is 20.8. The van der Waals surface area contributed by atoms with E-state index in [1.54, 1.807) is 0 Å². The summed E-state index contributed by atoms with van der Waals surface area (Å²) in [5.41, 5.74) is -0.371. The third-order valence-corrected chi connectivity index (χ3v) is 3.80. The van der Waals surface area contributed by atoms with Crippen LogP contribution in [0.15, 0.2) is 0 Å². The normalized spacial score (nSPS) is 19.4. The summed E-state index contributed by atoms with van der Waals surface area (Å²) in [5.74, 6) is -0.974. The predicted molar refractivity (Wildman–Crippen MR) is 67.1 cm³/mol. The van der Waals surface area contributed by atoms with E-state index in [2.05, 4.69) is 5.32 Å². The van der Waals surface area contributed by atoms with Gasteiger partial charge < -0.3 is 15.5 Å². The molecule has 1 rings (SSSR count). The molecule has 1 saturated carbocycles. The Hall–Kier alpha value is -1.10. The maximum atomic E-state index is 11.9. The van der Waals surface area contributed by atoms with Crippen LogP contribution in [0.2, 0.25) is 0 Å². The van der Waals surface area contributed by atoms with Crippen LogP contribution in [0, 0.1) is 5.41 Å². The number of hydrogen-bond acceptors (Lipinski definition) is 3. The number of carbonyl (C=O) groups is 2. The molecule has 1 fully saturated rings. The molecule has 3 N–H and O–H groups in total. The molecule has 0 aliphatic heterocycles. The molecule has 1 amide bonds. The first-order valence-electron chi connectivity index (χ1n) is 6.63. The quantitative estimate of drug-likeness (QED) is 0.641. The Balaban J connectivity index is 2.55. The molecule has 104 valence electrons. The lowest BCUT2D eigenvalue weighted by atomic mass is 9.79. The Morgan fingerprint density at radius 3 is 2.33 bits per heavy atom. The van der Waals surface area contributed by atoms with Crippen LogP contribution in [0.25, 0.3) is 0 Å². The van der Waals surface area contributed by atoms with Gasteiger partial charge in [-0.25, -0.2) is 0 Å². The average Bonchev–Trinajstić information content (AvgIpc) is 2.73. The molecule has 1 aliphatic carbocycles. The fourth-order valence-electron chi connectivity index (χ4n) is 2.76. The zero-order valence-electron chi connectivity index (χ0n) is 10.9. The number of carboxylic acid groups (broad SMARTS) is 1. The largest absolute Gasteiger partial charge is 0.481 e. The van der Waals surface area contributed by atoms with E-state index in [9.17, 15) is 9.59 Å². The van der Waals surface area contributed by atoms with Gasteiger partial charge in [-0.2, -0.15) is 0 Å². The summed E-state index contributed by atoms with van der Waals surface area (Å²) >= 11 is 0. The van der Waals surface area contributed by atoms with E-state index < -0.39 is 5.97 Å². The lowest BCUT2D eigenvalue weighted by Gasteiger charge is -2.27. The second kappa shape index (κ2) is 6.73. The van der Waals surface area contributed by atoms with Gasteiger partial charge in [0.25, 0.3) is 0 Å². The third-order valence-electron chi connectivity index (χ3n) is 3.80. The van der Waals surface area contributed by atoms with Gasteiger partial charge in [-0.15, -0.1) is 0 Å². The molecule has 18 heavy (non-hydrogen) atoms. The second-order valence-corrected chi connectivity index (χ2v) is 5.31. The molecular formula is C13H23NO4. The van der Waals surface area contributed by atoms with Crippen molar-refractivity contribution in [3.63, 3.8) is 0 Å². The minimum atomic E-state index is -0.834. The summed E-state index contributed by atoms with van der Waals surface area (Å²) in [6.07, 6.45) is 4.61. The molecule has 0 heterocycles. The van der Waals surface area contributed by atoms with Gasteiger partial charge in [0.2, 0.25) is 5.91 Å². The molecule has 0 spiro atoms. The first-order chi connectivity index (χ1) is 8.51. The van der Waals surface area contributed by atoms with Gasteiger partial charge in [-0.1, -0.05) is 19.8 Å². The lowest BCUT2D eigenvalue weighted by molar-refractivity contribution is -0.140. The number of rotatable bonds is 7. The average molecular weight is 257 g/mol. The van der Waals surface area contributed by atoms with Crippen molar-refractivity contribution in [2.75, 3.05) is 6.61 Å². The number of amides is 1. The van der Waals surface area contributed by atoms with Gasteiger partial charge in [0.05, 0.1) is 19.1 Å². The van der Waals surface area contributed by atoms with Gasteiger partial charge in [-0.05, 0) is 24.7 Å². The Labute approximate surface area is 108 Å². The number of nitrogens with one attached hydrogen (secondary N) is 1. The van der Waals surface area contributed by atoms with Crippen molar-refractivity contribution in [3.05, 3.63) is 0 Å². The van der Waals surface area contributed by atoms with Gasteiger partial charge in [0.15, 0.2) is 0 Å². The van der Waals surface area contributed by atoms with Gasteiger partial charge in [-0.3, -0.25) is 9.59 Å². The molecule has 0 saturated heterocycles. The maximum absolute atomic E-state index is 11.9. The summed E-state index contributed by atoms with van der Waals surface area (Å²) < 4.78 is 0. The highest BCUT2D eigenvalue weighted by atomic mass is 16.4. The molecule has 5 heteroatoms. The van der Waals surface area contributed by atoms with E-state index in [1.807, 2.05) is 6.92 Å². The second-order valence-electron chi connectivity index (χ2n) is 5.31. The molecule has 0 unspecified atom stereocenters. The molecule has 0 aromatic heterocycles. The molecule has 1 aliphatic rings.